The number of hydrogen-bond acceptors (Lipinski definition) is 2. The van der Waals surface area contributed by atoms with E-state index in [1.165, 1.54) is 35.8 Å². The molecule has 0 unspecified atom stereocenters. The molecule has 0 aliphatic rings. The highest BCUT2D eigenvalue weighted by Gasteiger charge is 2.21. The predicted octanol–water partition coefficient (Wildman–Crippen LogP) is 8.10. The van der Waals surface area contributed by atoms with Gasteiger partial charge in [0, 0.05) is 25.4 Å². The molecule has 0 aromatic heterocycles. The lowest BCUT2D eigenvalue weighted by atomic mass is 9.92. The summed E-state index contributed by atoms with van der Waals surface area (Å²) in [6.45, 7) is 0. The Balaban J connectivity index is 2.24. The summed E-state index contributed by atoms with van der Waals surface area (Å²) in [6, 6.07) is 17.4. The molecule has 0 saturated carbocycles. The largest absolute Gasteiger partial charge is 0.496 e. The lowest BCUT2D eigenvalue weighted by molar-refractivity contribution is 0.411. The molecule has 0 N–H and O–H groups in total. The van der Waals surface area contributed by atoms with Crippen molar-refractivity contribution in [3.63, 3.8) is 0 Å². The van der Waals surface area contributed by atoms with Gasteiger partial charge in [0.15, 0.2) is 0 Å². The van der Waals surface area contributed by atoms with Gasteiger partial charge in [0.1, 0.15) is 11.5 Å². The van der Waals surface area contributed by atoms with Gasteiger partial charge in [-0.15, -0.1) is 0 Å². The van der Waals surface area contributed by atoms with Gasteiger partial charge >= 0.3 is 0 Å². The minimum absolute atomic E-state index is 0.859. The zero-order valence-corrected chi connectivity index (χ0v) is 23.6. The number of ether oxygens (including phenoxy) is 2. The van der Waals surface area contributed by atoms with E-state index in [9.17, 15) is 0 Å². The van der Waals surface area contributed by atoms with Gasteiger partial charge in [0.25, 0.3) is 0 Å². The van der Waals surface area contributed by atoms with Crippen LogP contribution in [0.1, 0.15) is 0 Å². The van der Waals surface area contributed by atoms with Crippen molar-refractivity contribution in [2.75, 3.05) is 14.2 Å². The van der Waals surface area contributed by atoms with E-state index in [-0.39, 0.29) is 0 Å². The van der Waals surface area contributed by atoms with E-state index in [4.69, 9.17) is 9.47 Å². The van der Waals surface area contributed by atoms with Crippen molar-refractivity contribution in [3.05, 3.63) is 62.8 Å². The molecule has 0 saturated heterocycles. The fraction of sp³-hybridized carbons (Fsp3) is 0.0909. The maximum atomic E-state index is 5.86. The average Bonchev–Trinajstić information content (AvgIpc) is 2.69. The molecule has 0 aliphatic heterocycles. The van der Waals surface area contributed by atoms with Crippen LogP contribution in [0.15, 0.2) is 48.5 Å². The lowest BCUT2D eigenvalue weighted by Crippen LogP contribution is -1.97. The summed E-state index contributed by atoms with van der Waals surface area (Å²) in [5, 5.41) is 4.79. The summed E-state index contributed by atoms with van der Waals surface area (Å²) in [5.74, 6) is 1.72. The van der Waals surface area contributed by atoms with Crippen LogP contribution in [-0.4, -0.2) is 14.2 Å². The van der Waals surface area contributed by atoms with Crippen molar-refractivity contribution >= 4 is 112 Å². The Hall–Kier alpha value is -0.0800. The van der Waals surface area contributed by atoms with Crippen LogP contribution in [0.2, 0.25) is 0 Å². The summed E-state index contributed by atoms with van der Waals surface area (Å²) in [4.78, 5) is 0. The Morgan fingerprint density at radius 1 is 0.536 bits per heavy atom. The van der Waals surface area contributed by atoms with E-state index in [0.717, 1.165) is 22.6 Å². The van der Waals surface area contributed by atoms with Crippen LogP contribution >= 0.6 is 90.4 Å². The van der Waals surface area contributed by atoms with Gasteiger partial charge < -0.3 is 9.47 Å². The second-order valence-corrected chi connectivity index (χ2v) is 11.1. The van der Waals surface area contributed by atoms with Crippen LogP contribution in [0, 0.1) is 14.3 Å². The highest BCUT2D eigenvalue weighted by Crippen LogP contribution is 2.47. The summed E-state index contributed by atoms with van der Waals surface area (Å²) < 4.78 is 16.5. The predicted molar refractivity (Wildman–Crippen MR) is 151 cm³/mol. The van der Waals surface area contributed by atoms with Gasteiger partial charge in [-0.1, -0.05) is 12.1 Å². The van der Waals surface area contributed by atoms with Crippen molar-refractivity contribution in [1.82, 2.24) is 0 Å². The molecule has 142 valence electrons. The molecule has 0 heterocycles. The van der Waals surface area contributed by atoms with E-state index in [1.807, 2.05) is 0 Å². The van der Waals surface area contributed by atoms with Crippen molar-refractivity contribution in [2.24, 2.45) is 0 Å². The normalized spacial score (nSPS) is 11.2. The standard InChI is InChI=1S/C22H14I4O2/c1-27-19-9-17(25)15-7-11(23)3-5-13(15)21(19)22-14-6-4-12(24)8-16(14)18(26)10-20(22)28-2/h3-10H,1-2H3. The van der Waals surface area contributed by atoms with Crippen molar-refractivity contribution in [1.29, 1.82) is 0 Å². The van der Waals surface area contributed by atoms with Crippen LogP contribution in [0.5, 0.6) is 11.5 Å². The summed E-state index contributed by atoms with van der Waals surface area (Å²) in [5.41, 5.74) is 2.16. The zero-order valence-electron chi connectivity index (χ0n) is 14.9. The number of methoxy groups -OCH3 is 2. The molecule has 6 heteroatoms. The molecule has 0 atom stereocenters. The summed E-state index contributed by atoms with van der Waals surface area (Å²) >= 11 is 9.51. The van der Waals surface area contributed by atoms with E-state index in [2.05, 4.69) is 139 Å². The topological polar surface area (TPSA) is 18.5 Å². The monoisotopic (exact) mass is 818 g/mol. The quantitative estimate of drug-likeness (QED) is 0.195. The van der Waals surface area contributed by atoms with E-state index in [1.54, 1.807) is 14.2 Å². The number of fused-ring (bicyclic) bond motifs is 2. The molecule has 0 fully saturated rings. The molecule has 0 spiro atoms. The average molecular weight is 818 g/mol. The van der Waals surface area contributed by atoms with Gasteiger partial charge in [-0.25, -0.2) is 0 Å². The van der Waals surface area contributed by atoms with E-state index >= 15 is 0 Å². The lowest BCUT2D eigenvalue weighted by Gasteiger charge is -2.19. The Labute approximate surface area is 218 Å². The maximum absolute atomic E-state index is 5.86. The van der Waals surface area contributed by atoms with Crippen LogP contribution < -0.4 is 9.47 Å². The van der Waals surface area contributed by atoms with Crippen LogP contribution in [0.3, 0.4) is 0 Å². The minimum Gasteiger partial charge on any atom is -0.496 e. The molecule has 28 heavy (non-hydrogen) atoms. The van der Waals surface area contributed by atoms with Crippen molar-refractivity contribution in [3.8, 4) is 22.6 Å². The second kappa shape index (κ2) is 8.58. The van der Waals surface area contributed by atoms with E-state index < -0.39 is 0 Å². The molecule has 4 rings (SSSR count). The van der Waals surface area contributed by atoms with Gasteiger partial charge in [0.05, 0.1) is 14.2 Å². The Morgan fingerprint density at radius 3 is 1.29 bits per heavy atom. The van der Waals surface area contributed by atoms with Crippen molar-refractivity contribution < 1.29 is 9.47 Å². The number of rotatable bonds is 3. The SMILES string of the molecule is COc1cc(I)c2cc(I)ccc2c1-c1c(OC)cc(I)c2cc(I)ccc12. The number of hydrogen-bond donors (Lipinski definition) is 0. The highest BCUT2D eigenvalue weighted by atomic mass is 127. The maximum Gasteiger partial charge on any atom is 0.128 e. The second-order valence-electron chi connectivity index (χ2n) is 6.25. The first kappa shape index (κ1) is 21.2. The number of benzene rings is 4. The Kier molecular flexibility index (Phi) is 6.48. The first-order valence-electron chi connectivity index (χ1n) is 8.36. The third-order valence-corrected chi connectivity index (χ3v) is 7.84. The summed E-state index contributed by atoms with van der Waals surface area (Å²) in [6.07, 6.45) is 0. The highest BCUT2D eigenvalue weighted by molar-refractivity contribution is 14.1. The molecular formula is C22H14I4O2. The smallest absolute Gasteiger partial charge is 0.128 e. The molecule has 0 amide bonds. The van der Waals surface area contributed by atoms with Gasteiger partial charge in [-0.3, -0.25) is 0 Å². The zero-order chi connectivity index (χ0) is 20.0. The molecule has 4 aromatic carbocycles. The Bertz CT molecular complexity index is 1140. The van der Waals surface area contributed by atoms with Crippen LogP contribution in [0.25, 0.3) is 32.7 Å². The molecule has 4 aromatic rings. The van der Waals surface area contributed by atoms with Gasteiger partial charge in [-0.2, -0.15) is 0 Å². The Morgan fingerprint density at radius 2 is 0.929 bits per heavy atom. The molecule has 0 radical (unpaired) electrons. The molecular weight excluding hydrogens is 804 g/mol. The number of halogens is 4. The third kappa shape index (κ3) is 3.70. The molecule has 0 bridgehead atoms. The van der Waals surface area contributed by atoms with E-state index in [0.29, 0.717) is 0 Å². The fourth-order valence-corrected chi connectivity index (χ4v) is 5.94. The minimum atomic E-state index is 0.859. The summed E-state index contributed by atoms with van der Waals surface area (Å²) in [7, 11) is 3.47. The fourth-order valence-electron chi connectivity index (χ4n) is 3.50. The molecule has 2 nitrogen and oxygen atoms in total. The van der Waals surface area contributed by atoms with Crippen molar-refractivity contribution in [2.45, 2.75) is 0 Å². The first-order valence-corrected chi connectivity index (χ1v) is 12.7. The van der Waals surface area contributed by atoms with Crippen LogP contribution in [0.4, 0.5) is 0 Å². The van der Waals surface area contributed by atoms with Gasteiger partial charge in [-0.05, 0) is 148 Å². The third-order valence-electron chi connectivity index (χ3n) is 4.71. The van der Waals surface area contributed by atoms with Crippen LogP contribution in [-0.2, 0) is 0 Å². The first-order chi connectivity index (χ1) is 13.4. The molecule has 0 aliphatic carbocycles. The van der Waals surface area contributed by atoms with Gasteiger partial charge in [0.2, 0.25) is 0 Å².